The molecule has 22 heavy (non-hydrogen) atoms. The van der Waals surface area contributed by atoms with Crippen molar-refractivity contribution in [2.45, 2.75) is 78.2 Å². The van der Waals surface area contributed by atoms with Gasteiger partial charge in [-0.3, -0.25) is 14.5 Å². The van der Waals surface area contributed by atoms with Crippen molar-refractivity contribution in [3.8, 4) is 12.3 Å². The van der Waals surface area contributed by atoms with Gasteiger partial charge in [-0.15, -0.1) is 12.3 Å². The van der Waals surface area contributed by atoms with Crippen molar-refractivity contribution in [1.29, 1.82) is 0 Å². The lowest BCUT2D eigenvalue weighted by atomic mass is 9.98. The van der Waals surface area contributed by atoms with Gasteiger partial charge in [0.05, 0.1) is 6.04 Å². The second kappa shape index (κ2) is 9.46. The maximum Gasteiger partial charge on any atom is 0.253 e. The van der Waals surface area contributed by atoms with Crippen molar-refractivity contribution in [2.75, 3.05) is 0 Å². The topological polar surface area (TPSA) is 37.4 Å². The normalized spacial score (nSPS) is 19.0. The van der Waals surface area contributed by atoms with Gasteiger partial charge in [0.1, 0.15) is 0 Å². The molecular weight excluding hydrogens is 274 g/mol. The highest BCUT2D eigenvalue weighted by molar-refractivity contribution is 6.04. The average Bonchev–Trinajstić information content (AvgIpc) is 2.77. The number of unbranched alkanes of at least 4 members (excludes halogenated alkanes) is 4. The molecule has 0 spiro atoms. The van der Waals surface area contributed by atoms with Crippen LogP contribution in [0, 0.1) is 18.3 Å². The number of hydrogen-bond donors (Lipinski definition) is 0. The molecule has 0 unspecified atom stereocenters. The SMILES string of the molecule is C#CCCCC[C@@H](C)C(=O)N1C(=O)C=C(C)[C@@H]1CCCCC. The third-order valence-electron chi connectivity index (χ3n) is 4.37. The van der Waals surface area contributed by atoms with Crippen LogP contribution >= 0.6 is 0 Å². The number of amides is 2. The standard InChI is InChI=1S/C19H29NO2/c1-5-7-9-11-12-15(3)19(22)20-17(13-10-8-6-2)16(4)14-18(20)21/h1,14-15,17H,6-13H2,2-4H3/t15-,17+/m1/s1. The van der Waals surface area contributed by atoms with E-state index in [0.29, 0.717) is 0 Å². The van der Waals surface area contributed by atoms with Crippen LogP contribution in [-0.4, -0.2) is 22.8 Å². The predicted molar refractivity (Wildman–Crippen MR) is 90.0 cm³/mol. The highest BCUT2D eigenvalue weighted by Crippen LogP contribution is 2.27. The maximum absolute atomic E-state index is 12.6. The summed E-state index contributed by atoms with van der Waals surface area (Å²) in [5.74, 6) is 2.33. The van der Waals surface area contributed by atoms with E-state index in [1.807, 2.05) is 13.8 Å². The molecule has 0 aliphatic carbocycles. The van der Waals surface area contributed by atoms with E-state index in [-0.39, 0.29) is 23.8 Å². The Morgan fingerprint density at radius 1 is 1.36 bits per heavy atom. The first-order valence-electron chi connectivity index (χ1n) is 8.51. The van der Waals surface area contributed by atoms with Gasteiger partial charge in [-0.25, -0.2) is 0 Å². The summed E-state index contributed by atoms with van der Waals surface area (Å²) in [5.41, 5.74) is 1.02. The van der Waals surface area contributed by atoms with Gasteiger partial charge in [0.15, 0.2) is 0 Å². The third kappa shape index (κ3) is 5.02. The summed E-state index contributed by atoms with van der Waals surface area (Å²) < 4.78 is 0. The van der Waals surface area contributed by atoms with Crippen molar-refractivity contribution < 1.29 is 9.59 Å². The molecule has 0 aromatic carbocycles. The lowest BCUT2D eigenvalue weighted by molar-refractivity contribution is -0.145. The van der Waals surface area contributed by atoms with Crippen LogP contribution < -0.4 is 0 Å². The van der Waals surface area contributed by atoms with Gasteiger partial charge in [0.2, 0.25) is 5.91 Å². The van der Waals surface area contributed by atoms with Crippen molar-refractivity contribution in [3.63, 3.8) is 0 Å². The van der Waals surface area contributed by atoms with Crippen molar-refractivity contribution in [3.05, 3.63) is 11.6 Å². The molecule has 0 fully saturated rings. The Balaban J connectivity index is 2.60. The van der Waals surface area contributed by atoms with Gasteiger partial charge < -0.3 is 0 Å². The molecule has 3 nitrogen and oxygen atoms in total. The Hall–Kier alpha value is -1.56. The lowest BCUT2D eigenvalue weighted by Gasteiger charge is -2.27. The summed E-state index contributed by atoms with van der Waals surface area (Å²) in [4.78, 5) is 26.3. The van der Waals surface area contributed by atoms with E-state index >= 15 is 0 Å². The summed E-state index contributed by atoms with van der Waals surface area (Å²) in [6.45, 7) is 6.03. The fourth-order valence-electron chi connectivity index (χ4n) is 2.96. The maximum atomic E-state index is 12.6. The second-order valence-electron chi connectivity index (χ2n) is 6.30. The molecule has 0 aromatic rings. The molecule has 3 heteroatoms. The molecule has 0 bridgehead atoms. The molecular formula is C19H29NO2. The molecule has 2 atom stereocenters. The van der Waals surface area contributed by atoms with Crippen molar-refractivity contribution >= 4 is 11.8 Å². The number of terminal acetylenes is 1. The summed E-state index contributed by atoms with van der Waals surface area (Å²) in [6, 6.07) is -0.0280. The molecule has 0 N–H and O–H groups in total. The number of hydrogen-bond acceptors (Lipinski definition) is 2. The molecule has 2 amide bonds. The highest BCUT2D eigenvalue weighted by Gasteiger charge is 2.36. The van der Waals surface area contributed by atoms with Gasteiger partial charge >= 0.3 is 0 Å². The van der Waals surface area contributed by atoms with Gasteiger partial charge in [-0.2, -0.15) is 0 Å². The summed E-state index contributed by atoms with van der Waals surface area (Å²) in [7, 11) is 0. The fraction of sp³-hybridized carbons (Fsp3) is 0.684. The molecule has 1 heterocycles. The molecule has 122 valence electrons. The Morgan fingerprint density at radius 3 is 2.73 bits per heavy atom. The lowest BCUT2D eigenvalue weighted by Crippen LogP contribution is -2.43. The van der Waals surface area contributed by atoms with Crippen LogP contribution in [0.15, 0.2) is 11.6 Å². The molecule has 0 aromatic heterocycles. The van der Waals surface area contributed by atoms with Crippen LogP contribution in [0.5, 0.6) is 0 Å². The van der Waals surface area contributed by atoms with E-state index in [2.05, 4.69) is 12.8 Å². The largest absolute Gasteiger partial charge is 0.274 e. The van der Waals surface area contributed by atoms with Crippen LogP contribution in [0.4, 0.5) is 0 Å². The highest BCUT2D eigenvalue weighted by atomic mass is 16.2. The van der Waals surface area contributed by atoms with Gasteiger partial charge in [-0.1, -0.05) is 39.5 Å². The summed E-state index contributed by atoms with van der Waals surface area (Å²) in [6.07, 6.45) is 14.5. The van der Waals surface area contributed by atoms with E-state index in [9.17, 15) is 9.59 Å². The number of nitrogens with zero attached hydrogens (tertiary/aromatic N) is 1. The second-order valence-corrected chi connectivity index (χ2v) is 6.30. The summed E-state index contributed by atoms with van der Waals surface area (Å²) >= 11 is 0. The quantitative estimate of drug-likeness (QED) is 0.475. The first-order chi connectivity index (χ1) is 10.5. The van der Waals surface area contributed by atoms with Crippen molar-refractivity contribution in [1.82, 2.24) is 4.90 Å². The van der Waals surface area contributed by atoms with Gasteiger partial charge in [0, 0.05) is 18.4 Å². The Morgan fingerprint density at radius 2 is 2.09 bits per heavy atom. The monoisotopic (exact) mass is 303 g/mol. The van der Waals surface area contributed by atoms with E-state index in [0.717, 1.165) is 56.9 Å². The number of rotatable bonds is 9. The number of carbonyl (C=O) groups excluding carboxylic acids is 2. The van der Waals surface area contributed by atoms with Crippen LogP contribution in [0.25, 0.3) is 0 Å². The smallest absolute Gasteiger partial charge is 0.253 e. The molecule has 1 aliphatic heterocycles. The van der Waals surface area contributed by atoms with E-state index in [1.54, 1.807) is 6.08 Å². The predicted octanol–water partition coefficient (Wildman–Crippen LogP) is 4.08. The Kier molecular flexibility index (Phi) is 7.95. The van der Waals surface area contributed by atoms with Gasteiger partial charge in [0.25, 0.3) is 5.91 Å². The molecule has 0 radical (unpaired) electrons. The van der Waals surface area contributed by atoms with E-state index in [1.165, 1.54) is 4.90 Å². The minimum Gasteiger partial charge on any atom is -0.274 e. The molecule has 1 aliphatic rings. The third-order valence-corrected chi connectivity index (χ3v) is 4.37. The Labute approximate surface area is 135 Å². The molecule has 1 rings (SSSR count). The Bertz CT molecular complexity index is 459. The zero-order chi connectivity index (χ0) is 16.5. The van der Waals surface area contributed by atoms with Crippen molar-refractivity contribution in [2.24, 2.45) is 5.92 Å². The van der Waals surface area contributed by atoms with Crippen LogP contribution in [0.1, 0.15) is 72.1 Å². The zero-order valence-corrected chi connectivity index (χ0v) is 14.2. The molecule has 0 saturated heterocycles. The van der Waals surface area contributed by atoms with Crippen LogP contribution in [0.2, 0.25) is 0 Å². The van der Waals surface area contributed by atoms with Crippen LogP contribution in [-0.2, 0) is 9.59 Å². The van der Waals surface area contributed by atoms with E-state index in [4.69, 9.17) is 6.42 Å². The zero-order valence-electron chi connectivity index (χ0n) is 14.2. The molecule has 0 saturated carbocycles. The average molecular weight is 303 g/mol. The fourth-order valence-corrected chi connectivity index (χ4v) is 2.96. The number of carbonyl (C=O) groups is 2. The van der Waals surface area contributed by atoms with Crippen LogP contribution in [0.3, 0.4) is 0 Å². The first-order valence-corrected chi connectivity index (χ1v) is 8.51. The van der Waals surface area contributed by atoms with E-state index < -0.39 is 0 Å². The minimum absolute atomic E-state index is 0.0275. The van der Waals surface area contributed by atoms with Gasteiger partial charge in [-0.05, 0) is 31.8 Å². The minimum atomic E-state index is -0.139. The number of imide groups is 1. The first kappa shape index (κ1) is 18.5. The summed E-state index contributed by atoms with van der Waals surface area (Å²) in [5, 5.41) is 0.